The predicted molar refractivity (Wildman–Crippen MR) is 135 cm³/mol. The van der Waals surface area contributed by atoms with Crippen molar-refractivity contribution in [1.82, 2.24) is 15.2 Å². The molecule has 4 rings (SSSR count). The number of aryl methyl sites for hydroxylation is 1. The molecule has 1 aliphatic carbocycles. The number of hydrogen-bond acceptors (Lipinski definition) is 6. The molecule has 8 nitrogen and oxygen atoms in total. The van der Waals surface area contributed by atoms with Crippen LogP contribution in [-0.2, 0) is 9.59 Å². The van der Waals surface area contributed by atoms with Crippen molar-refractivity contribution in [1.29, 1.82) is 0 Å². The van der Waals surface area contributed by atoms with Crippen molar-refractivity contribution >= 4 is 23.8 Å². The molecule has 0 aliphatic heterocycles. The predicted octanol–water partition coefficient (Wildman–Crippen LogP) is 4.65. The fraction of sp³-hybridized carbons (Fsp3) is 0.346. The van der Waals surface area contributed by atoms with E-state index in [0.29, 0.717) is 29.3 Å². The minimum absolute atomic E-state index is 0.00805. The summed E-state index contributed by atoms with van der Waals surface area (Å²) in [6.07, 6.45) is 5.61. The molecule has 0 spiro atoms. The normalized spacial score (nSPS) is 12.8. The first-order valence-corrected chi connectivity index (χ1v) is 11.6. The Bertz CT molecular complexity index is 1230. The first kappa shape index (κ1) is 26.7. The molecule has 0 atom stereocenters. The van der Waals surface area contributed by atoms with Crippen LogP contribution in [0, 0.1) is 18.7 Å². The van der Waals surface area contributed by atoms with E-state index in [2.05, 4.69) is 31.5 Å². The largest absolute Gasteiger partial charge is 0.383 e. The van der Waals surface area contributed by atoms with Gasteiger partial charge in [0.15, 0.2) is 0 Å². The zero-order valence-electron chi connectivity index (χ0n) is 20.5. The second-order valence-corrected chi connectivity index (χ2v) is 9.20. The van der Waals surface area contributed by atoms with Gasteiger partial charge in [0, 0.05) is 29.8 Å². The van der Waals surface area contributed by atoms with Crippen molar-refractivity contribution in [2.45, 2.75) is 45.7 Å². The lowest BCUT2D eigenvalue weighted by atomic mass is 10.0. The van der Waals surface area contributed by atoms with Crippen LogP contribution in [0.4, 0.5) is 20.3 Å². The van der Waals surface area contributed by atoms with Crippen LogP contribution in [0.2, 0.25) is 0 Å². The summed E-state index contributed by atoms with van der Waals surface area (Å²) in [5.74, 6) is 0.168. The van der Waals surface area contributed by atoms with E-state index in [4.69, 9.17) is 4.79 Å². The number of pyridine rings is 1. The second kappa shape index (κ2) is 11.7. The van der Waals surface area contributed by atoms with Crippen molar-refractivity contribution in [3.63, 3.8) is 0 Å². The van der Waals surface area contributed by atoms with Gasteiger partial charge in [-0.1, -0.05) is 0 Å². The smallest absolute Gasteiger partial charge is 0.228 e. The number of rotatable bonds is 8. The summed E-state index contributed by atoms with van der Waals surface area (Å²) in [7, 11) is 0. The fourth-order valence-corrected chi connectivity index (χ4v) is 3.49. The maximum atomic E-state index is 14.5. The molecule has 0 radical (unpaired) electrons. The van der Waals surface area contributed by atoms with Crippen molar-refractivity contribution < 1.29 is 18.4 Å². The number of anilines is 2. The van der Waals surface area contributed by atoms with Gasteiger partial charge in [-0.25, -0.2) is 13.8 Å². The van der Waals surface area contributed by atoms with E-state index >= 15 is 0 Å². The molecular formula is C26H30F2N6O2. The highest BCUT2D eigenvalue weighted by molar-refractivity contribution is 5.93. The summed E-state index contributed by atoms with van der Waals surface area (Å²) in [6, 6.07) is 8.60. The SMILES string of the molecule is Cc1cc(F)c(NCCC(C)(C)F)cc1-c1cc(-c2ccnc(NC(=O)C3CC3)c2)cnn1.NC=O. The van der Waals surface area contributed by atoms with E-state index in [-0.39, 0.29) is 24.7 Å². The van der Waals surface area contributed by atoms with Crippen LogP contribution in [-0.4, -0.2) is 39.7 Å². The fourth-order valence-electron chi connectivity index (χ4n) is 3.49. The quantitative estimate of drug-likeness (QED) is 0.390. The lowest BCUT2D eigenvalue weighted by Gasteiger charge is -2.16. The number of nitrogens with two attached hydrogens (primary N) is 1. The number of primary amides is 1. The third-order valence-electron chi connectivity index (χ3n) is 5.57. The highest BCUT2D eigenvalue weighted by Gasteiger charge is 2.29. The maximum absolute atomic E-state index is 14.5. The van der Waals surface area contributed by atoms with Crippen LogP contribution in [0.1, 0.15) is 38.7 Å². The average Bonchev–Trinajstić information content (AvgIpc) is 3.66. The number of carbonyl (C=O) groups excluding carboxylic acids is 2. The van der Waals surface area contributed by atoms with Crippen molar-refractivity contribution in [3.05, 3.63) is 54.1 Å². The standard InChI is InChI=1S/C25H27F2N5O.CH3NO/c1-15-10-20(26)22(28-9-7-25(2,3)27)13-19(15)21-11-18(14-30-32-21)17-6-8-29-23(12-17)31-24(33)16-4-5-16;2-1-3/h6,8,10-14,16,28H,4-5,7,9H2,1-3H3,(H,29,31,33);1H,(H2,2,3). The second-order valence-electron chi connectivity index (χ2n) is 9.20. The van der Waals surface area contributed by atoms with Crippen LogP contribution in [0.5, 0.6) is 0 Å². The van der Waals surface area contributed by atoms with Crippen LogP contribution in [0.3, 0.4) is 0 Å². The van der Waals surface area contributed by atoms with E-state index in [0.717, 1.165) is 29.5 Å². The summed E-state index contributed by atoms with van der Waals surface area (Å²) in [5, 5.41) is 14.2. The third-order valence-corrected chi connectivity index (χ3v) is 5.57. The van der Waals surface area contributed by atoms with Gasteiger partial charge < -0.3 is 16.4 Å². The third kappa shape index (κ3) is 7.53. The number of amides is 2. The Morgan fingerprint density at radius 1 is 1.22 bits per heavy atom. The van der Waals surface area contributed by atoms with Gasteiger partial charge in [0.1, 0.15) is 17.3 Å². The average molecular weight is 497 g/mol. The molecule has 0 unspecified atom stereocenters. The molecule has 2 amide bonds. The zero-order valence-corrected chi connectivity index (χ0v) is 20.5. The molecule has 190 valence electrons. The van der Waals surface area contributed by atoms with E-state index in [9.17, 15) is 13.6 Å². The molecule has 1 aromatic carbocycles. The van der Waals surface area contributed by atoms with Gasteiger partial charge in [-0.05, 0) is 81.5 Å². The van der Waals surface area contributed by atoms with Gasteiger partial charge in [-0.15, -0.1) is 0 Å². The first-order valence-electron chi connectivity index (χ1n) is 11.6. The van der Waals surface area contributed by atoms with Gasteiger partial charge in [0.2, 0.25) is 12.3 Å². The minimum Gasteiger partial charge on any atom is -0.383 e. The van der Waals surface area contributed by atoms with Crippen LogP contribution in [0.15, 0.2) is 42.7 Å². The molecular weight excluding hydrogens is 466 g/mol. The van der Waals surface area contributed by atoms with E-state index in [1.807, 2.05) is 12.1 Å². The van der Waals surface area contributed by atoms with Crippen molar-refractivity contribution in [2.75, 3.05) is 17.2 Å². The Kier molecular flexibility index (Phi) is 8.63. The lowest BCUT2D eigenvalue weighted by Crippen LogP contribution is -2.18. The van der Waals surface area contributed by atoms with Gasteiger partial charge in [-0.2, -0.15) is 10.2 Å². The molecule has 36 heavy (non-hydrogen) atoms. The number of aromatic nitrogens is 3. The molecule has 1 saturated carbocycles. The van der Waals surface area contributed by atoms with E-state index in [1.165, 1.54) is 19.9 Å². The number of benzene rings is 1. The molecule has 10 heteroatoms. The topological polar surface area (TPSA) is 123 Å². The molecule has 4 N–H and O–H groups in total. The lowest BCUT2D eigenvalue weighted by molar-refractivity contribution is -0.117. The molecule has 2 aromatic heterocycles. The van der Waals surface area contributed by atoms with E-state index in [1.54, 1.807) is 31.5 Å². The molecule has 1 aliphatic rings. The number of nitrogens with zero attached hydrogens (tertiary/aromatic N) is 3. The Labute approximate surface area is 208 Å². The highest BCUT2D eigenvalue weighted by atomic mass is 19.1. The summed E-state index contributed by atoms with van der Waals surface area (Å²) < 4.78 is 28.3. The number of nitrogens with one attached hydrogen (secondary N) is 2. The van der Waals surface area contributed by atoms with Gasteiger partial charge in [-0.3, -0.25) is 9.59 Å². The minimum atomic E-state index is -1.33. The monoisotopic (exact) mass is 496 g/mol. The summed E-state index contributed by atoms with van der Waals surface area (Å²) >= 11 is 0. The Balaban J connectivity index is 0.00000115. The summed E-state index contributed by atoms with van der Waals surface area (Å²) in [6.45, 7) is 5.10. The van der Waals surface area contributed by atoms with Crippen LogP contribution < -0.4 is 16.4 Å². The number of halogens is 2. The maximum Gasteiger partial charge on any atom is 0.228 e. The van der Waals surface area contributed by atoms with Gasteiger partial charge >= 0.3 is 0 Å². The summed E-state index contributed by atoms with van der Waals surface area (Å²) in [4.78, 5) is 24.9. The van der Waals surface area contributed by atoms with Crippen LogP contribution in [0.25, 0.3) is 22.4 Å². The van der Waals surface area contributed by atoms with Crippen LogP contribution >= 0.6 is 0 Å². The van der Waals surface area contributed by atoms with Crippen molar-refractivity contribution in [3.8, 4) is 22.4 Å². The van der Waals surface area contributed by atoms with Gasteiger partial charge in [0.05, 0.1) is 17.6 Å². The van der Waals surface area contributed by atoms with E-state index < -0.39 is 11.5 Å². The molecule has 0 bridgehead atoms. The Hall–Kier alpha value is -3.95. The highest BCUT2D eigenvalue weighted by Crippen LogP contribution is 2.32. The number of hydrogen-bond donors (Lipinski definition) is 3. The Morgan fingerprint density at radius 2 is 1.94 bits per heavy atom. The summed E-state index contributed by atoms with van der Waals surface area (Å²) in [5.41, 5.74) is 6.77. The first-order chi connectivity index (χ1) is 17.1. The molecule has 1 fully saturated rings. The van der Waals surface area contributed by atoms with Gasteiger partial charge in [0.25, 0.3) is 0 Å². The zero-order chi connectivity index (χ0) is 26.3. The van der Waals surface area contributed by atoms with Crippen molar-refractivity contribution in [2.24, 2.45) is 11.7 Å². The molecule has 3 aromatic rings. The number of carbonyl (C=O) groups is 2. The number of alkyl halides is 1. The molecule has 2 heterocycles. The molecule has 0 saturated heterocycles. The Morgan fingerprint density at radius 3 is 2.61 bits per heavy atom.